The molecule has 0 bridgehead atoms. The average Bonchev–Trinajstić information content (AvgIpc) is 2.40. The Morgan fingerprint density at radius 1 is 1.29 bits per heavy atom. The Kier molecular flexibility index (Phi) is 1.75. The number of aryl methyl sites for hydroxylation is 2. The van der Waals surface area contributed by atoms with Crippen LogP contribution in [0.25, 0.3) is 11.2 Å². The molecule has 0 aliphatic rings. The number of fused-ring (bicyclic) bond motifs is 1. The molecular formula is C7H7ClN4O2. The van der Waals surface area contributed by atoms with Crippen molar-refractivity contribution in [1.82, 2.24) is 19.1 Å². The third-order valence-corrected chi connectivity index (χ3v) is 2.36. The highest BCUT2D eigenvalue weighted by Gasteiger charge is 2.12. The maximum absolute atomic E-state index is 11.3. The van der Waals surface area contributed by atoms with Gasteiger partial charge in [-0.1, -0.05) is 11.6 Å². The van der Waals surface area contributed by atoms with Crippen molar-refractivity contribution in [3.8, 4) is 0 Å². The normalized spacial score (nSPS) is 11.1. The van der Waals surface area contributed by atoms with E-state index < -0.39 is 5.69 Å². The van der Waals surface area contributed by atoms with Crippen molar-refractivity contribution >= 4 is 22.8 Å². The van der Waals surface area contributed by atoms with Gasteiger partial charge in [-0.05, 0) is 0 Å². The Hall–Kier alpha value is -1.56. The van der Waals surface area contributed by atoms with Crippen LogP contribution in [0.5, 0.6) is 0 Å². The Labute approximate surface area is 82.8 Å². The summed E-state index contributed by atoms with van der Waals surface area (Å²) in [6.45, 7) is 0. The lowest BCUT2D eigenvalue weighted by molar-refractivity contribution is 0.840. The van der Waals surface area contributed by atoms with Gasteiger partial charge in [-0.25, -0.2) is 9.59 Å². The average molecular weight is 215 g/mol. The second-order valence-corrected chi connectivity index (χ2v) is 3.29. The molecule has 0 radical (unpaired) electrons. The van der Waals surface area contributed by atoms with Crippen LogP contribution in [0, 0.1) is 0 Å². The van der Waals surface area contributed by atoms with E-state index in [0.717, 1.165) is 0 Å². The van der Waals surface area contributed by atoms with Gasteiger partial charge >= 0.3 is 11.4 Å². The quantitative estimate of drug-likeness (QED) is 0.608. The molecule has 0 unspecified atom stereocenters. The number of aromatic amines is 1. The number of imidazole rings is 1. The predicted octanol–water partition coefficient (Wildman–Crippen LogP) is -0.386. The summed E-state index contributed by atoms with van der Waals surface area (Å²) in [7, 11) is 3.07. The van der Waals surface area contributed by atoms with Gasteiger partial charge in [0.15, 0.2) is 5.15 Å². The molecule has 7 heteroatoms. The molecule has 0 atom stereocenters. The molecule has 2 rings (SSSR count). The van der Waals surface area contributed by atoms with Gasteiger partial charge in [0.25, 0.3) is 0 Å². The van der Waals surface area contributed by atoms with E-state index in [0.29, 0.717) is 11.2 Å². The molecule has 0 aromatic carbocycles. The third kappa shape index (κ3) is 1.00. The smallest absolute Gasteiger partial charge is 0.291 e. The molecule has 0 saturated carbocycles. The number of nitrogens with zero attached hydrogens (tertiary/aromatic N) is 3. The van der Waals surface area contributed by atoms with Gasteiger partial charge in [0, 0.05) is 14.1 Å². The molecule has 2 aromatic rings. The van der Waals surface area contributed by atoms with E-state index in [1.54, 1.807) is 7.05 Å². The van der Waals surface area contributed by atoms with Crippen LogP contribution in [0.2, 0.25) is 5.15 Å². The highest BCUT2D eigenvalue weighted by Crippen LogP contribution is 2.14. The lowest BCUT2D eigenvalue weighted by Crippen LogP contribution is -2.20. The summed E-state index contributed by atoms with van der Waals surface area (Å²) >= 11 is 5.75. The van der Waals surface area contributed by atoms with Crippen molar-refractivity contribution < 1.29 is 0 Å². The SMILES string of the molecule is Cn1c(=O)nc(Cl)c2c1[nH]c(=O)n2C. The Morgan fingerprint density at radius 3 is 2.57 bits per heavy atom. The van der Waals surface area contributed by atoms with Crippen LogP contribution in [0.1, 0.15) is 0 Å². The molecule has 0 aliphatic carbocycles. The largest absolute Gasteiger partial charge is 0.350 e. The molecule has 0 spiro atoms. The maximum atomic E-state index is 11.3. The zero-order valence-corrected chi connectivity index (χ0v) is 8.29. The van der Waals surface area contributed by atoms with E-state index in [2.05, 4.69) is 9.97 Å². The van der Waals surface area contributed by atoms with Crippen LogP contribution in [0.3, 0.4) is 0 Å². The Balaban J connectivity index is 3.18. The van der Waals surface area contributed by atoms with Gasteiger partial charge in [0.05, 0.1) is 0 Å². The fraction of sp³-hybridized carbons (Fsp3) is 0.286. The molecule has 74 valence electrons. The zero-order valence-electron chi connectivity index (χ0n) is 7.54. The molecular weight excluding hydrogens is 208 g/mol. The second-order valence-electron chi connectivity index (χ2n) is 2.93. The van der Waals surface area contributed by atoms with Gasteiger partial charge in [0.2, 0.25) is 0 Å². The first-order valence-corrected chi connectivity index (χ1v) is 4.21. The van der Waals surface area contributed by atoms with Gasteiger partial charge in [-0.15, -0.1) is 0 Å². The number of aromatic nitrogens is 4. The molecule has 2 aromatic heterocycles. The molecule has 14 heavy (non-hydrogen) atoms. The van der Waals surface area contributed by atoms with E-state index in [9.17, 15) is 9.59 Å². The van der Waals surface area contributed by atoms with E-state index >= 15 is 0 Å². The number of hydrogen-bond acceptors (Lipinski definition) is 3. The lowest BCUT2D eigenvalue weighted by atomic mass is 10.5. The summed E-state index contributed by atoms with van der Waals surface area (Å²) in [5, 5.41) is 0.0314. The molecule has 0 fully saturated rings. The highest BCUT2D eigenvalue weighted by atomic mass is 35.5. The zero-order chi connectivity index (χ0) is 10.5. The standard InChI is InChI=1S/C7H7ClN4O2/c1-11-3-4(8)9-6(13)12(2)5(3)10-7(11)14/h1-2H3,(H,10,14). The minimum Gasteiger partial charge on any atom is -0.291 e. The number of hydrogen-bond donors (Lipinski definition) is 1. The first-order valence-electron chi connectivity index (χ1n) is 3.83. The van der Waals surface area contributed by atoms with Crippen LogP contribution in [0.15, 0.2) is 9.59 Å². The topological polar surface area (TPSA) is 72.7 Å². The van der Waals surface area contributed by atoms with Crippen LogP contribution in [-0.2, 0) is 14.1 Å². The van der Waals surface area contributed by atoms with Gasteiger partial charge < -0.3 is 0 Å². The molecule has 6 nitrogen and oxygen atoms in total. The van der Waals surface area contributed by atoms with Crippen molar-refractivity contribution in [2.45, 2.75) is 0 Å². The fourth-order valence-electron chi connectivity index (χ4n) is 1.29. The van der Waals surface area contributed by atoms with E-state index in [1.807, 2.05) is 0 Å². The van der Waals surface area contributed by atoms with Crippen LogP contribution in [0.4, 0.5) is 0 Å². The predicted molar refractivity (Wildman–Crippen MR) is 51.6 cm³/mol. The number of halogens is 1. The number of rotatable bonds is 0. The summed E-state index contributed by atoms with van der Waals surface area (Å²) in [4.78, 5) is 28.6. The first-order chi connectivity index (χ1) is 6.52. The summed E-state index contributed by atoms with van der Waals surface area (Å²) in [5.74, 6) is 0. The molecule has 0 saturated heterocycles. The van der Waals surface area contributed by atoms with Crippen LogP contribution >= 0.6 is 11.6 Å². The summed E-state index contributed by atoms with van der Waals surface area (Å²) in [6, 6.07) is 0. The molecule has 2 heterocycles. The monoisotopic (exact) mass is 214 g/mol. The van der Waals surface area contributed by atoms with E-state index in [-0.39, 0.29) is 10.8 Å². The summed E-state index contributed by atoms with van der Waals surface area (Å²) in [6.07, 6.45) is 0. The summed E-state index contributed by atoms with van der Waals surface area (Å²) in [5.41, 5.74) is -0.0180. The van der Waals surface area contributed by atoms with Crippen molar-refractivity contribution in [2.75, 3.05) is 0 Å². The minimum absolute atomic E-state index is 0.0314. The summed E-state index contributed by atoms with van der Waals surface area (Å²) < 4.78 is 2.55. The van der Waals surface area contributed by atoms with Crippen molar-refractivity contribution in [2.24, 2.45) is 14.1 Å². The van der Waals surface area contributed by atoms with E-state index in [4.69, 9.17) is 11.6 Å². The van der Waals surface area contributed by atoms with Crippen molar-refractivity contribution in [1.29, 1.82) is 0 Å². The first kappa shape index (κ1) is 9.01. The van der Waals surface area contributed by atoms with Crippen LogP contribution in [-0.4, -0.2) is 19.1 Å². The van der Waals surface area contributed by atoms with E-state index in [1.165, 1.54) is 16.2 Å². The maximum Gasteiger partial charge on any atom is 0.350 e. The van der Waals surface area contributed by atoms with Crippen LogP contribution < -0.4 is 11.4 Å². The molecule has 1 N–H and O–H groups in total. The van der Waals surface area contributed by atoms with Crippen molar-refractivity contribution in [3.63, 3.8) is 0 Å². The van der Waals surface area contributed by atoms with Crippen molar-refractivity contribution in [3.05, 3.63) is 26.1 Å². The molecule has 0 aliphatic heterocycles. The lowest BCUT2D eigenvalue weighted by Gasteiger charge is -1.99. The van der Waals surface area contributed by atoms with Gasteiger partial charge in [0.1, 0.15) is 11.2 Å². The minimum atomic E-state index is -0.496. The fourth-order valence-corrected chi connectivity index (χ4v) is 1.58. The highest BCUT2D eigenvalue weighted by molar-refractivity contribution is 6.33. The third-order valence-electron chi connectivity index (χ3n) is 2.10. The van der Waals surface area contributed by atoms with Gasteiger partial charge in [-0.2, -0.15) is 4.98 Å². The number of H-pyrrole nitrogens is 1. The Bertz CT molecular complexity index is 621. The number of nitrogens with one attached hydrogen (secondary N) is 1. The van der Waals surface area contributed by atoms with Gasteiger partial charge in [-0.3, -0.25) is 14.1 Å². The Morgan fingerprint density at radius 2 is 1.93 bits per heavy atom. The molecule has 0 amide bonds. The second kappa shape index (κ2) is 2.71.